The number of rotatable bonds is 6. The van der Waals surface area contributed by atoms with E-state index in [1.165, 1.54) is 16.5 Å². The summed E-state index contributed by atoms with van der Waals surface area (Å²) in [5.41, 5.74) is 5.83. The fourth-order valence-corrected chi connectivity index (χ4v) is 4.24. The molecule has 3 aromatic carbocycles. The largest absolute Gasteiger partial charge is 0.464 e. The average Bonchev–Trinajstić information content (AvgIpc) is 3.19. The number of hydrogen-bond donors (Lipinski definition) is 1. The summed E-state index contributed by atoms with van der Waals surface area (Å²) in [6.45, 7) is 0.773. The number of nitrogens with one attached hydrogen (secondary N) is 1. The van der Waals surface area contributed by atoms with E-state index >= 15 is 0 Å². The van der Waals surface area contributed by atoms with Crippen molar-refractivity contribution in [1.82, 2.24) is 4.98 Å². The standard InChI is InChI=1S/C28H27NO2/c1-2-11-21(12-3-1)13-10-16-23-22-14-4-6-17-25(22)29-28(23)24-15-5-7-18-26(24)31-27-19-8-9-20-30-27/h1-7,10-15,17-18,27,29H,8-9,16,19-20H2/b13-10+. The van der Waals surface area contributed by atoms with Crippen LogP contribution in [-0.4, -0.2) is 17.9 Å². The summed E-state index contributed by atoms with van der Waals surface area (Å²) in [6, 6.07) is 27.2. The van der Waals surface area contributed by atoms with Crippen LogP contribution in [0, 0.1) is 0 Å². The summed E-state index contributed by atoms with van der Waals surface area (Å²) in [7, 11) is 0. The Labute approximate surface area is 183 Å². The highest BCUT2D eigenvalue weighted by atomic mass is 16.7. The average molecular weight is 410 g/mol. The smallest absolute Gasteiger partial charge is 0.199 e. The van der Waals surface area contributed by atoms with Gasteiger partial charge in [0.25, 0.3) is 0 Å². The van der Waals surface area contributed by atoms with Crippen molar-refractivity contribution in [2.45, 2.75) is 32.0 Å². The number of aromatic amines is 1. The van der Waals surface area contributed by atoms with E-state index in [1.54, 1.807) is 0 Å². The van der Waals surface area contributed by atoms with E-state index in [9.17, 15) is 0 Å². The molecule has 2 heterocycles. The Kier molecular flexibility index (Phi) is 5.85. The van der Waals surface area contributed by atoms with Crippen LogP contribution >= 0.6 is 0 Å². The molecule has 1 atom stereocenters. The quantitative estimate of drug-likeness (QED) is 0.372. The van der Waals surface area contributed by atoms with Crippen molar-refractivity contribution in [3.8, 4) is 17.0 Å². The first-order chi connectivity index (χ1) is 15.4. The Morgan fingerprint density at radius 1 is 0.903 bits per heavy atom. The van der Waals surface area contributed by atoms with Gasteiger partial charge in [-0.3, -0.25) is 0 Å². The number of para-hydroxylation sites is 2. The zero-order valence-electron chi connectivity index (χ0n) is 17.6. The van der Waals surface area contributed by atoms with Crippen molar-refractivity contribution >= 4 is 17.0 Å². The van der Waals surface area contributed by atoms with Gasteiger partial charge in [0.15, 0.2) is 6.29 Å². The minimum atomic E-state index is -0.166. The Morgan fingerprint density at radius 2 is 1.71 bits per heavy atom. The molecule has 0 aliphatic carbocycles. The van der Waals surface area contributed by atoms with Gasteiger partial charge in [-0.15, -0.1) is 0 Å². The number of allylic oxidation sites excluding steroid dienone is 1. The summed E-state index contributed by atoms with van der Waals surface area (Å²) < 4.78 is 12.1. The van der Waals surface area contributed by atoms with Gasteiger partial charge in [0.2, 0.25) is 0 Å². The van der Waals surface area contributed by atoms with Crippen molar-refractivity contribution in [3.05, 3.63) is 96.1 Å². The predicted octanol–water partition coefficient (Wildman–Crippen LogP) is 7.00. The van der Waals surface area contributed by atoms with Crippen molar-refractivity contribution < 1.29 is 9.47 Å². The zero-order chi connectivity index (χ0) is 20.9. The molecule has 1 fully saturated rings. The number of aromatic nitrogens is 1. The van der Waals surface area contributed by atoms with Crippen LogP contribution in [0.3, 0.4) is 0 Å². The molecule has 1 N–H and O–H groups in total. The van der Waals surface area contributed by atoms with E-state index in [1.807, 2.05) is 18.2 Å². The van der Waals surface area contributed by atoms with Crippen LogP contribution in [0.25, 0.3) is 28.2 Å². The van der Waals surface area contributed by atoms with Gasteiger partial charge in [-0.2, -0.15) is 0 Å². The molecular weight excluding hydrogens is 382 g/mol. The number of ether oxygens (including phenoxy) is 2. The van der Waals surface area contributed by atoms with Gasteiger partial charge < -0.3 is 14.5 Å². The minimum absolute atomic E-state index is 0.166. The van der Waals surface area contributed by atoms with Crippen LogP contribution in [0.15, 0.2) is 84.9 Å². The predicted molar refractivity (Wildman–Crippen MR) is 127 cm³/mol. The van der Waals surface area contributed by atoms with Crippen LogP contribution in [0.2, 0.25) is 0 Å². The molecule has 3 heteroatoms. The lowest BCUT2D eigenvalue weighted by molar-refractivity contribution is -0.105. The van der Waals surface area contributed by atoms with E-state index in [4.69, 9.17) is 9.47 Å². The molecule has 1 aliphatic rings. The van der Waals surface area contributed by atoms with Gasteiger partial charge >= 0.3 is 0 Å². The van der Waals surface area contributed by atoms with Crippen molar-refractivity contribution in [3.63, 3.8) is 0 Å². The third kappa shape index (κ3) is 4.42. The highest BCUT2D eigenvalue weighted by Crippen LogP contribution is 2.37. The van der Waals surface area contributed by atoms with Gasteiger partial charge in [-0.05, 0) is 48.6 Å². The third-order valence-electron chi connectivity index (χ3n) is 5.80. The monoisotopic (exact) mass is 409 g/mol. The lowest BCUT2D eigenvalue weighted by atomic mass is 10.0. The number of fused-ring (bicyclic) bond motifs is 1. The molecule has 1 aliphatic heterocycles. The molecule has 156 valence electrons. The Hall–Kier alpha value is -3.30. The fraction of sp³-hybridized carbons (Fsp3) is 0.214. The van der Waals surface area contributed by atoms with Gasteiger partial charge in [-0.25, -0.2) is 0 Å². The molecule has 1 unspecified atom stereocenters. The summed E-state index contributed by atoms with van der Waals surface area (Å²) in [5.74, 6) is 0.870. The lowest BCUT2D eigenvalue weighted by Gasteiger charge is -2.24. The van der Waals surface area contributed by atoms with E-state index in [2.05, 4.69) is 77.8 Å². The van der Waals surface area contributed by atoms with E-state index in [0.29, 0.717) is 0 Å². The van der Waals surface area contributed by atoms with E-state index < -0.39 is 0 Å². The maximum absolute atomic E-state index is 6.31. The molecule has 0 radical (unpaired) electrons. The van der Waals surface area contributed by atoms with Crippen LogP contribution < -0.4 is 4.74 Å². The van der Waals surface area contributed by atoms with Crippen LogP contribution in [0.5, 0.6) is 5.75 Å². The Bertz CT molecular complexity index is 1170. The second-order valence-electron chi connectivity index (χ2n) is 7.95. The van der Waals surface area contributed by atoms with Crippen LogP contribution in [0.1, 0.15) is 30.4 Å². The molecular formula is C28H27NO2. The van der Waals surface area contributed by atoms with Gasteiger partial charge in [-0.1, -0.05) is 72.8 Å². The maximum atomic E-state index is 6.31. The molecule has 0 bridgehead atoms. The highest BCUT2D eigenvalue weighted by Gasteiger charge is 2.20. The van der Waals surface area contributed by atoms with Crippen LogP contribution in [0.4, 0.5) is 0 Å². The van der Waals surface area contributed by atoms with Crippen molar-refractivity contribution in [2.75, 3.05) is 6.61 Å². The fourth-order valence-electron chi connectivity index (χ4n) is 4.24. The first-order valence-electron chi connectivity index (χ1n) is 11.1. The second kappa shape index (κ2) is 9.23. The number of H-pyrrole nitrogens is 1. The number of hydrogen-bond acceptors (Lipinski definition) is 2. The topological polar surface area (TPSA) is 34.2 Å². The molecule has 3 nitrogen and oxygen atoms in total. The van der Waals surface area contributed by atoms with E-state index in [-0.39, 0.29) is 6.29 Å². The molecule has 0 amide bonds. The lowest BCUT2D eigenvalue weighted by Crippen LogP contribution is -2.25. The third-order valence-corrected chi connectivity index (χ3v) is 5.80. The van der Waals surface area contributed by atoms with Crippen molar-refractivity contribution in [2.24, 2.45) is 0 Å². The summed E-state index contributed by atoms with van der Waals surface area (Å²) >= 11 is 0. The first-order valence-corrected chi connectivity index (χ1v) is 11.1. The molecule has 4 aromatic rings. The molecule has 1 saturated heterocycles. The molecule has 31 heavy (non-hydrogen) atoms. The first kappa shape index (κ1) is 19.7. The SMILES string of the molecule is C(=C\c1ccccc1)/Cc1c(-c2ccccc2OC2CCCCO2)[nH]c2ccccc12. The molecule has 5 rings (SSSR count). The Balaban J connectivity index is 1.51. The number of benzene rings is 3. The second-order valence-corrected chi connectivity index (χ2v) is 7.95. The maximum Gasteiger partial charge on any atom is 0.199 e. The normalized spacial score (nSPS) is 16.7. The zero-order valence-corrected chi connectivity index (χ0v) is 17.6. The van der Waals surface area contributed by atoms with Crippen molar-refractivity contribution in [1.29, 1.82) is 0 Å². The van der Waals surface area contributed by atoms with E-state index in [0.717, 1.165) is 54.8 Å². The molecule has 0 saturated carbocycles. The summed E-state index contributed by atoms with van der Waals surface area (Å²) in [6.07, 6.45) is 8.29. The summed E-state index contributed by atoms with van der Waals surface area (Å²) in [5, 5.41) is 1.25. The summed E-state index contributed by atoms with van der Waals surface area (Å²) in [4.78, 5) is 3.65. The van der Waals surface area contributed by atoms with Gasteiger partial charge in [0.05, 0.1) is 12.3 Å². The van der Waals surface area contributed by atoms with Gasteiger partial charge in [0, 0.05) is 22.9 Å². The van der Waals surface area contributed by atoms with Crippen LogP contribution in [-0.2, 0) is 11.2 Å². The molecule has 1 aromatic heterocycles. The van der Waals surface area contributed by atoms with Gasteiger partial charge in [0.1, 0.15) is 5.75 Å². The highest BCUT2D eigenvalue weighted by molar-refractivity contribution is 5.92. The minimum Gasteiger partial charge on any atom is -0.464 e. The molecule has 0 spiro atoms. The Morgan fingerprint density at radius 3 is 2.58 bits per heavy atom.